The molecule has 0 saturated carbocycles. The topological polar surface area (TPSA) is 49.2 Å². The molecule has 108 valence electrons. The van der Waals surface area contributed by atoms with E-state index in [-0.39, 0.29) is 6.10 Å². The number of aromatic nitrogens is 1. The molecule has 1 aliphatic rings. The SMILES string of the molecule is Cc1c(C#N)c(N(C)CC2CCCO2)nc2ccccc12. The Morgan fingerprint density at radius 2 is 2.24 bits per heavy atom. The molecule has 0 radical (unpaired) electrons. The van der Waals surface area contributed by atoms with Gasteiger partial charge < -0.3 is 9.64 Å². The van der Waals surface area contributed by atoms with E-state index < -0.39 is 0 Å². The minimum Gasteiger partial charge on any atom is -0.376 e. The monoisotopic (exact) mass is 281 g/mol. The molecule has 0 spiro atoms. The van der Waals surface area contributed by atoms with Crippen LogP contribution in [-0.2, 0) is 4.74 Å². The quantitative estimate of drug-likeness (QED) is 0.867. The average Bonchev–Trinajstić information content (AvgIpc) is 3.00. The molecule has 1 fully saturated rings. The molecule has 0 aliphatic carbocycles. The van der Waals surface area contributed by atoms with Crippen molar-refractivity contribution in [2.45, 2.75) is 25.9 Å². The summed E-state index contributed by atoms with van der Waals surface area (Å²) in [7, 11) is 1.99. The molecule has 1 aliphatic heterocycles. The fourth-order valence-corrected chi connectivity index (χ4v) is 2.95. The van der Waals surface area contributed by atoms with Gasteiger partial charge in [-0.25, -0.2) is 4.98 Å². The van der Waals surface area contributed by atoms with Crippen LogP contribution >= 0.6 is 0 Å². The molecule has 4 heteroatoms. The highest BCUT2D eigenvalue weighted by atomic mass is 16.5. The second-order valence-electron chi connectivity index (χ2n) is 5.58. The standard InChI is InChI=1S/C17H19N3O/c1-12-14-7-3-4-8-16(14)19-17(15(12)10-18)20(2)11-13-6-5-9-21-13/h3-4,7-8,13H,5-6,9,11H2,1-2H3. The van der Waals surface area contributed by atoms with Gasteiger partial charge in [0.05, 0.1) is 17.2 Å². The van der Waals surface area contributed by atoms with Crippen molar-refractivity contribution in [1.29, 1.82) is 5.26 Å². The summed E-state index contributed by atoms with van der Waals surface area (Å²) in [6.45, 7) is 3.61. The van der Waals surface area contributed by atoms with Crippen LogP contribution in [0.1, 0.15) is 24.0 Å². The number of anilines is 1. The van der Waals surface area contributed by atoms with Crippen LogP contribution in [0.4, 0.5) is 5.82 Å². The van der Waals surface area contributed by atoms with Gasteiger partial charge in [-0.1, -0.05) is 18.2 Å². The first-order valence-corrected chi connectivity index (χ1v) is 7.33. The summed E-state index contributed by atoms with van der Waals surface area (Å²) in [5, 5.41) is 10.6. The van der Waals surface area contributed by atoms with Crippen LogP contribution < -0.4 is 4.90 Å². The fourth-order valence-electron chi connectivity index (χ4n) is 2.95. The lowest BCUT2D eigenvalue weighted by atomic mass is 10.0. The average molecular weight is 281 g/mol. The summed E-state index contributed by atoms with van der Waals surface area (Å²) in [6, 6.07) is 10.3. The summed E-state index contributed by atoms with van der Waals surface area (Å²) >= 11 is 0. The van der Waals surface area contributed by atoms with Gasteiger partial charge in [-0.3, -0.25) is 0 Å². The van der Waals surface area contributed by atoms with Gasteiger partial charge in [0.1, 0.15) is 11.9 Å². The van der Waals surface area contributed by atoms with Gasteiger partial charge in [0.15, 0.2) is 0 Å². The molecule has 2 heterocycles. The number of hydrogen-bond donors (Lipinski definition) is 0. The summed E-state index contributed by atoms with van der Waals surface area (Å²) < 4.78 is 5.68. The predicted octanol–water partition coefficient (Wildman–Crippen LogP) is 3.03. The van der Waals surface area contributed by atoms with Crippen LogP contribution in [0.5, 0.6) is 0 Å². The maximum atomic E-state index is 9.52. The Labute approximate surface area is 125 Å². The molecule has 21 heavy (non-hydrogen) atoms. The molecule has 1 saturated heterocycles. The zero-order valence-corrected chi connectivity index (χ0v) is 12.5. The highest BCUT2D eigenvalue weighted by Gasteiger charge is 2.21. The summed E-state index contributed by atoms with van der Waals surface area (Å²) in [5.74, 6) is 0.754. The third-order valence-electron chi connectivity index (χ3n) is 4.11. The van der Waals surface area contributed by atoms with E-state index in [0.717, 1.165) is 48.3 Å². The van der Waals surface area contributed by atoms with Gasteiger partial charge in [-0.15, -0.1) is 0 Å². The number of aryl methyl sites for hydroxylation is 1. The number of likely N-dealkylation sites (N-methyl/N-ethyl adjacent to an activating group) is 1. The first-order valence-electron chi connectivity index (χ1n) is 7.33. The minimum atomic E-state index is 0.245. The maximum Gasteiger partial charge on any atom is 0.147 e. The highest BCUT2D eigenvalue weighted by Crippen LogP contribution is 2.28. The van der Waals surface area contributed by atoms with Crippen molar-refractivity contribution in [3.8, 4) is 6.07 Å². The Hall–Kier alpha value is -2.12. The van der Waals surface area contributed by atoms with Crippen LogP contribution in [0.3, 0.4) is 0 Å². The number of hydrogen-bond acceptors (Lipinski definition) is 4. The smallest absolute Gasteiger partial charge is 0.147 e. The van der Waals surface area contributed by atoms with Gasteiger partial charge >= 0.3 is 0 Å². The number of fused-ring (bicyclic) bond motifs is 1. The van der Waals surface area contributed by atoms with Gasteiger partial charge in [0.2, 0.25) is 0 Å². The summed E-state index contributed by atoms with van der Waals surface area (Å²) in [6.07, 6.45) is 2.45. The lowest BCUT2D eigenvalue weighted by Crippen LogP contribution is -2.30. The number of benzene rings is 1. The Kier molecular flexibility index (Phi) is 3.76. The van der Waals surface area contributed by atoms with Crippen molar-refractivity contribution in [3.63, 3.8) is 0 Å². The molecule has 2 aromatic rings. The van der Waals surface area contributed by atoms with E-state index in [0.29, 0.717) is 5.56 Å². The van der Waals surface area contributed by atoms with Crippen molar-refractivity contribution in [2.24, 2.45) is 0 Å². The van der Waals surface area contributed by atoms with Crippen molar-refractivity contribution < 1.29 is 4.74 Å². The van der Waals surface area contributed by atoms with Gasteiger partial charge in [0, 0.05) is 25.6 Å². The Bertz CT molecular complexity index is 699. The van der Waals surface area contributed by atoms with E-state index in [1.165, 1.54) is 0 Å². The normalized spacial score (nSPS) is 17.9. The van der Waals surface area contributed by atoms with Gasteiger partial charge in [-0.05, 0) is 31.4 Å². The molecule has 0 N–H and O–H groups in total. The van der Waals surface area contributed by atoms with E-state index in [1.54, 1.807) is 0 Å². The maximum absolute atomic E-state index is 9.52. The van der Waals surface area contributed by atoms with E-state index in [9.17, 15) is 5.26 Å². The lowest BCUT2D eigenvalue weighted by Gasteiger charge is -2.23. The second kappa shape index (κ2) is 5.71. The summed E-state index contributed by atoms with van der Waals surface area (Å²) in [4.78, 5) is 6.75. The van der Waals surface area contributed by atoms with Crippen LogP contribution in [0.15, 0.2) is 24.3 Å². The Morgan fingerprint density at radius 3 is 2.95 bits per heavy atom. The van der Waals surface area contributed by atoms with Crippen molar-refractivity contribution in [2.75, 3.05) is 25.1 Å². The van der Waals surface area contributed by atoms with E-state index in [2.05, 4.69) is 6.07 Å². The molecule has 4 nitrogen and oxygen atoms in total. The first-order chi connectivity index (χ1) is 10.2. The molecule has 1 aromatic heterocycles. The molecular formula is C17H19N3O. The van der Waals surface area contributed by atoms with Crippen molar-refractivity contribution in [1.82, 2.24) is 4.98 Å². The van der Waals surface area contributed by atoms with E-state index >= 15 is 0 Å². The zero-order chi connectivity index (χ0) is 14.8. The third kappa shape index (κ3) is 2.57. The molecule has 0 bridgehead atoms. The number of para-hydroxylation sites is 1. The Balaban J connectivity index is 2.02. The van der Waals surface area contributed by atoms with Gasteiger partial charge in [0.25, 0.3) is 0 Å². The zero-order valence-electron chi connectivity index (χ0n) is 12.5. The number of ether oxygens (including phenoxy) is 1. The number of nitrogens with zero attached hydrogens (tertiary/aromatic N) is 3. The summed E-state index contributed by atoms with van der Waals surface area (Å²) in [5.41, 5.74) is 2.59. The second-order valence-corrected chi connectivity index (χ2v) is 5.58. The number of rotatable bonds is 3. The molecule has 1 atom stereocenters. The largest absolute Gasteiger partial charge is 0.376 e. The van der Waals surface area contributed by atoms with Crippen LogP contribution in [0.2, 0.25) is 0 Å². The third-order valence-corrected chi connectivity index (χ3v) is 4.11. The van der Waals surface area contributed by atoms with Crippen LogP contribution in [-0.4, -0.2) is 31.3 Å². The molecule has 0 amide bonds. The first kappa shape index (κ1) is 13.8. The van der Waals surface area contributed by atoms with Crippen LogP contribution in [0.25, 0.3) is 10.9 Å². The fraction of sp³-hybridized carbons (Fsp3) is 0.412. The Morgan fingerprint density at radius 1 is 1.43 bits per heavy atom. The van der Waals surface area contributed by atoms with Gasteiger partial charge in [-0.2, -0.15) is 5.26 Å². The number of nitriles is 1. The van der Waals surface area contributed by atoms with E-state index in [4.69, 9.17) is 9.72 Å². The molecule has 3 rings (SSSR count). The van der Waals surface area contributed by atoms with E-state index in [1.807, 2.05) is 43.1 Å². The minimum absolute atomic E-state index is 0.245. The van der Waals surface area contributed by atoms with Crippen molar-refractivity contribution in [3.05, 3.63) is 35.4 Å². The lowest BCUT2D eigenvalue weighted by molar-refractivity contribution is 0.116. The highest BCUT2D eigenvalue weighted by molar-refractivity contribution is 5.87. The van der Waals surface area contributed by atoms with Crippen molar-refractivity contribution >= 4 is 16.7 Å². The predicted molar refractivity (Wildman–Crippen MR) is 83.4 cm³/mol. The molecule has 1 aromatic carbocycles. The van der Waals surface area contributed by atoms with Crippen LogP contribution in [0, 0.1) is 18.3 Å². The molecular weight excluding hydrogens is 262 g/mol. The molecule has 1 unspecified atom stereocenters. The number of pyridine rings is 1.